The molecule has 3 rings (SSSR count). The summed E-state index contributed by atoms with van der Waals surface area (Å²) in [6.07, 6.45) is 3.05. The summed E-state index contributed by atoms with van der Waals surface area (Å²) in [4.78, 5) is 27.0. The van der Waals surface area contributed by atoms with Crippen LogP contribution >= 0.6 is 0 Å². The Bertz CT molecular complexity index is 634. The highest BCUT2D eigenvalue weighted by molar-refractivity contribution is 6.07. The highest BCUT2D eigenvalue weighted by Crippen LogP contribution is 2.26. The molecule has 3 amide bonds. The van der Waals surface area contributed by atoms with E-state index in [-0.39, 0.29) is 5.91 Å². The van der Waals surface area contributed by atoms with Crippen LogP contribution in [0, 0.1) is 0 Å². The number of nitrogens with zero attached hydrogens (tertiary/aromatic N) is 1. The van der Waals surface area contributed by atoms with Gasteiger partial charge in [-0.3, -0.25) is 10.1 Å². The van der Waals surface area contributed by atoms with E-state index < -0.39 is 11.6 Å². The fraction of sp³-hybridized carbons (Fsp3) is 0.182. The molecule has 6 heteroatoms. The molecule has 0 aliphatic carbocycles. The van der Waals surface area contributed by atoms with Crippen molar-refractivity contribution < 1.29 is 14.0 Å². The molecule has 2 N–H and O–H groups in total. The number of imide groups is 1. The lowest BCUT2D eigenvalue weighted by molar-refractivity contribution is -0.123. The molecule has 0 bridgehead atoms. The van der Waals surface area contributed by atoms with E-state index >= 15 is 0 Å². The van der Waals surface area contributed by atoms with E-state index in [2.05, 4.69) is 15.6 Å². The molecule has 1 aliphatic heterocycles. The van der Waals surface area contributed by atoms with Crippen molar-refractivity contribution in [3.8, 4) is 0 Å². The third kappa shape index (κ3) is 1.30. The third-order valence-corrected chi connectivity index (χ3v) is 2.93. The van der Waals surface area contributed by atoms with Crippen molar-refractivity contribution in [1.82, 2.24) is 15.6 Å². The van der Waals surface area contributed by atoms with Crippen LogP contribution in [0.4, 0.5) is 4.79 Å². The number of hydrogen-bond donors (Lipinski definition) is 2. The van der Waals surface area contributed by atoms with E-state index in [1.165, 1.54) is 12.5 Å². The van der Waals surface area contributed by atoms with Gasteiger partial charge < -0.3 is 9.73 Å². The van der Waals surface area contributed by atoms with Crippen LogP contribution in [0.2, 0.25) is 0 Å². The Kier molecular flexibility index (Phi) is 1.77. The molecular formula is C11H9N3O3. The van der Waals surface area contributed by atoms with Gasteiger partial charge in [0.05, 0.1) is 6.26 Å². The van der Waals surface area contributed by atoms with Gasteiger partial charge in [0.2, 0.25) is 5.71 Å². The number of nitrogens with one attached hydrogen (secondary N) is 2. The van der Waals surface area contributed by atoms with Crippen LogP contribution < -0.4 is 10.6 Å². The summed E-state index contributed by atoms with van der Waals surface area (Å²) >= 11 is 0. The summed E-state index contributed by atoms with van der Waals surface area (Å²) < 4.78 is 5.12. The van der Waals surface area contributed by atoms with Gasteiger partial charge in [-0.25, -0.2) is 9.78 Å². The van der Waals surface area contributed by atoms with Gasteiger partial charge in [-0.15, -0.1) is 0 Å². The van der Waals surface area contributed by atoms with Crippen LogP contribution in [0.3, 0.4) is 0 Å². The van der Waals surface area contributed by atoms with Gasteiger partial charge in [-0.1, -0.05) is 0 Å². The quantitative estimate of drug-likeness (QED) is 0.713. The van der Waals surface area contributed by atoms with Crippen LogP contribution in [0.15, 0.2) is 29.0 Å². The zero-order chi connectivity index (χ0) is 12.0. The average molecular weight is 231 g/mol. The maximum atomic E-state index is 11.7. The van der Waals surface area contributed by atoms with Crippen LogP contribution in [0.1, 0.15) is 12.5 Å². The summed E-state index contributed by atoms with van der Waals surface area (Å²) in [5, 5.41) is 5.58. The highest BCUT2D eigenvalue weighted by atomic mass is 16.3. The van der Waals surface area contributed by atoms with Crippen molar-refractivity contribution in [3.05, 3.63) is 30.2 Å². The number of hydrogen-bond acceptors (Lipinski definition) is 4. The van der Waals surface area contributed by atoms with E-state index in [1.807, 2.05) is 0 Å². The SMILES string of the molecule is CC1(c2cnc3occc3c2)NC(=O)NC1=O. The van der Waals surface area contributed by atoms with E-state index in [4.69, 9.17) is 4.42 Å². The van der Waals surface area contributed by atoms with E-state index in [0.29, 0.717) is 11.3 Å². The number of amides is 3. The second kappa shape index (κ2) is 3.07. The molecule has 2 aromatic heterocycles. The molecule has 0 spiro atoms. The summed E-state index contributed by atoms with van der Waals surface area (Å²) in [6, 6.07) is 3.03. The summed E-state index contributed by atoms with van der Waals surface area (Å²) in [5.41, 5.74) is 0.0482. The standard InChI is InChI=1S/C11H9N3O3/c1-11(9(15)13-10(16)14-11)7-4-6-2-3-17-8(6)12-5-7/h2-5H,1H3,(H2,13,14,15,16). The molecule has 1 saturated heterocycles. The van der Waals surface area contributed by atoms with E-state index in [0.717, 1.165) is 5.39 Å². The number of urea groups is 1. The van der Waals surface area contributed by atoms with Crippen molar-refractivity contribution in [2.24, 2.45) is 0 Å². The maximum Gasteiger partial charge on any atom is 0.322 e. The largest absolute Gasteiger partial charge is 0.446 e. The molecule has 17 heavy (non-hydrogen) atoms. The molecule has 0 aromatic carbocycles. The van der Waals surface area contributed by atoms with E-state index in [9.17, 15) is 9.59 Å². The number of carbonyl (C=O) groups excluding carboxylic acids is 2. The van der Waals surface area contributed by atoms with Gasteiger partial charge in [-0.2, -0.15) is 0 Å². The normalized spacial score (nSPS) is 23.8. The number of furan rings is 1. The van der Waals surface area contributed by atoms with Crippen LogP contribution in [-0.4, -0.2) is 16.9 Å². The molecule has 1 fully saturated rings. The lowest BCUT2D eigenvalue weighted by atomic mass is 9.93. The minimum Gasteiger partial charge on any atom is -0.446 e. The second-order valence-corrected chi connectivity index (χ2v) is 4.07. The number of fused-ring (bicyclic) bond motifs is 1. The average Bonchev–Trinajstić information content (AvgIpc) is 2.83. The topological polar surface area (TPSA) is 84.2 Å². The Morgan fingerprint density at radius 2 is 2.24 bits per heavy atom. The van der Waals surface area contributed by atoms with Crippen LogP contribution in [-0.2, 0) is 10.3 Å². The molecular weight excluding hydrogens is 222 g/mol. The molecule has 1 atom stereocenters. The van der Waals surface area contributed by atoms with Crippen LogP contribution in [0.25, 0.3) is 11.1 Å². The number of rotatable bonds is 1. The Labute approximate surface area is 96.0 Å². The third-order valence-electron chi connectivity index (χ3n) is 2.93. The summed E-state index contributed by atoms with van der Waals surface area (Å²) in [7, 11) is 0. The predicted molar refractivity (Wildman–Crippen MR) is 58.0 cm³/mol. The monoisotopic (exact) mass is 231 g/mol. The lowest BCUT2D eigenvalue weighted by Gasteiger charge is -2.20. The first kappa shape index (κ1) is 9.83. The number of carbonyl (C=O) groups is 2. The zero-order valence-electron chi connectivity index (χ0n) is 8.98. The smallest absolute Gasteiger partial charge is 0.322 e. The van der Waals surface area contributed by atoms with Gasteiger partial charge in [0.1, 0.15) is 5.54 Å². The maximum absolute atomic E-state index is 11.7. The second-order valence-electron chi connectivity index (χ2n) is 4.07. The first-order valence-electron chi connectivity index (χ1n) is 5.07. The molecule has 2 aromatic rings. The predicted octanol–water partition coefficient (Wildman–Crippen LogP) is 0.882. The summed E-state index contributed by atoms with van der Waals surface area (Å²) in [5.74, 6) is -0.382. The van der Waals surface area contributed by atoms with Crippen molar-refractivity contribution in [2.75, 3.05) is 0 Å². The minimum atomic E-state index is -1.07. The van der Waals surface area contributed by atoms with Crippen molar-refractivity contribution in [1.29, 1.82) is 0 Å². The van der Waals surface area contributed by atoms with Gasteiger partial charge in [0.25, 0.3) is 5.91 Å². The molecule has 1 unspecified atom stereocenters. The van der Waals surface area contributed by atoms with Crippen molar-refractivity contribution in [2.45, 2.75) is 12.5 Å². The number of pyridine rings is 1. The van der Waals surface area contributed by atoms with Crippen LogP contribution in [0.5, 0.6) is 0 Å². The summed E-state index contributed by atoms with van der Waals surface area (Å²) in [6.45, 7) is 1.64. The Morgan fingerprint density at radius 3 is 2.94 bits per heavy atom. The molecule has 0 saturated carbocycles. The highest BCUT2D eigenvalue weighted by Gasteiger charge is 2.43. The first-order valence-corrected chi connectivity index (χ1v) is 5.07. The minimum absolute atomic E-state index is 0.382. The fourth-order valence-corrected chi connectivity index (χ4v) is 1.88. The lowest BCUT2D eigenvalue weighted by Crippen LogP contribution is -2.40. The Morgan fingerprint density at radius 1 is 1.41 bits per heavy atom. The molecule has 3 heterocycles. The van der Waals surface area contributed by atoms with Crippen molar-refractivity contribution in [3.63, 3.8) is 0 Å². The van der Waals surface area contributed by atoms with Gasteiger partial charge in [0, 0.05) is 17.1 Å². The molecule has 86 valence electrons. The fourth-order valence-electron chi connectivity index (χ4n) is 1.88. The van der Waals surface area contributed by atoms with Crippen molar-refractivity contribution >= 4 is 23.0 Å². The molecule has 6 nitrogen and oxygen atoms in total. The first-order chi connectivity index (χ1) is 8.09. The molecule has 1 aliphatic rings. The Balaban J connectivity index is 2.14. The molecule has 0 radical (unpaired) electrons. The Hall–Kier alpha value is -2.37. The van der Waals surface area contributed by atoms with Gasteiger partial charge >= 0.3 is 6.03 Å². The van der Waals surface area contributed by atoms with Gasteiger partial charge in [0.15, 0.2) is 0 Å². The number of aromatic nitrogens is 1. The van der Waals surface area contributed by atoms with Gasteiger partial charge in [-0.05, 0) is 19.1 Å². The van der Waals surface area contributed by atoms with E-state index in [1.54, 1.807) is 19.1 Å². The zero-order valence-corrected chi connectivity index (χ0v) is 8.98.